The van der Waals surface area contributed by atoms with Crippen LogP contribution in [0.25, 0.3) is 0 Å². The van der Waals surface area contributed by atoms with Crippen LogP contribution in [0.15, 0.2) is 97.1 Å². The van der Waals surface area contributed by atoms with Crippen LogP contribution in [0.4, 0.5) is 8.78 Å². The van der Waals surface area contributed by atoms with E-state index in [1.165, 1.54) is 72.4 Å². The van der Waals surface area contributed by atoms with Crippen LogP contribution in [0.5, 0.6) is 23.0 Å². The molecule has 0 aliphatic heterocycles. The molecule has 12 heteroatoms. The Morgan fingerprint density at radius 3 is 1.25 bits per heavy atom. The number of ether oxygens (including phenoxy) is 2. The number of hydrogen-bond donors (Lipinski definition) is 2. The molecule has 0 saturated heterocycles. The van der Waals surface area contributed by atoms with Gasteiger partial charge in [-0.15, -0.1) is 0 Å². The highest BCUT2D eigenvalue weighted by molar-refractivity contribution is 5.99. The lowest BCUT2D eigenvalue weighted by Crippen LogP contribution is -2.63. The van der Waals surface area contributed by atoms with Crippen molar-refractivity contribution in [3.63, 3.8) is 0 Å². The average Bonchev–Trinajstić information content (AvgIpc) is 3.02. The number of carbonyl (C=O) groups excluding carboxylic acids is 2. The van der Waals surface area contributed by atoms with E-state index < -0.39 is 59.1 Å². The number of aliphatic carboxylic acids is 2. The number of hydrogen-bond acceptors (Lipinski definition) is 6. The lowest BCUT2D eigenvalue weighted by atomic mass is 9.55. The second-order valence-corrected chi connectivity index (χ2v) is 11.6. The van der Waals surface area contributed by atoms with Gasteiger partial charge in [0.1, 0.15) is 34.6 Å². The Hall–Kier alpha value is -5.78. The predicted molar refractivity (Wildman–Crippen MR) is 168 cm³/mol. The Labute approximate surface area is 274 Å². The summed E-state index contributed by atoms with van der Waals surface area (Å²) in [6, 6.07) is 24.4. The molecule has 0 unspecified atom stereocenters. The van der Waals surface area contributed by atoms with Crippen LogP contribution in [-0.2, 0) is 32.3 Å². The molecule has 0 radical (unpaired) electrons. The molecule has 5 rings (SSSR count). The highest BCUT2D eigenvalue weighted by atomic mass is 19.1. The van der Waals surface area contributed by atoms with Crippen molar-refractivity contribution in [2.75, 3.05) is 14.1 Å². The highest BCUT2D eigenvalue weighted by Gasteiger charge is 2.64. The first-order valence-corrected chi connectivity index (χ1v) is 14.9. The summed E-state index contributed by atoms with van der Waals surface area (Å²) >= 11 is 0. The van der Waals surface area contributed by atoms with Crippen molar-refractivity contribution in [1.82, 2.24) is 9.80 Å². The fourth-order valence-corrected chi connectivity index (χ4v) is 5.88. The monoisotopic (exact) mass is 658 g/mol. The van der Waals surface area contributed by atoms with Crippen LogP contribution in [0.3, 0.4) is 0 Å². The van der Waals surface area contributed by atoms with Gasteiger partial charge in [0.15, 0.2) is 0 Å². The van der Waals surface area contributed by atoms with Gasteiger partial charge in [0, 0.05) is 27.2 Å². The number of nitrogens with zero attached hydrogens (tertiary/aromatic N) is 2. The zero-order chi connectivity index (χ0) is 34.5. The summed E-state index contributed by atoms with van der Waals surface area (Å²) in [5.41, 5.74) is 1.24. The van der Waals surface area contributed by atoms with Crippen molar-refractivity contribution >= 4 is 23.8 Å². The minimum absolute atomic E-state index is 0.0115. The third-order valence-electron chi connectivity index (χ3n) is 8.18. The molecule has 4 aromatic carbocycles. The van der Waals surface area contributed by atoms with Crippen LogP contribution < -0.4 is 9.47 Å². The molecule has 248 valence electrons. The minimum Gasteiger partial charge on any atom is -0.481 e. The molecule has 0 heterocycles. The van der Waals surface area contributed by atoms with Crippen molar-refractivity contribution in [2.24, 2.45) is 23.7 Å². The molecule has 2 amide bonds. The number of halogens is 2. The van der Waals surface area contributed by atoms with E-state index in [1.54, 1.807) is 48.5 Å². The van der Waals surface area contributed by atoms with E-state index in [2.05, 4.69) is 0 Å². The maximum Gasteiger partial charge on any atom is 0.308 e. The molecule has 48 heavy (non-hydrogen) atoms. The first-order chi connectivity index (χ1) is 22.9. The normalized spacial score (nSPS) is 18.2. The average molecular weight is 659 g/mol. The lowest BCUT2D eigenvalue weighted by Gasteiger charge is -2.47. The van der Waals surface area contributed by atoms with Crippen molar-refractivity contribution < 1.29 is 47.6 Å². The summed E-state index contributed by atoms with van der Waals surface area (Å²) in [6.07, 6.45) is 0. The number of benzene rings is 4. The van der Waals surface area contributed by atoms with Gasteiger partial charge in [0.05, 0.1) is 23.7 Å². The van der Waals surface area contributed by atoms with E-state index in [4.69, 9.17) is 9.47 Å². The van der Waals surface area contributed by atoms with Gasteiger partial charge in [-0.05, 0) is 83.9 Å². The Balaban J connectivity index is 1.30. The standard InChI is InChI=1S/C36H32F2N2O8/c1-39(19-21-5-3-7-27(17-21)47-25-13-9-23(37)10-14-25)33(41)29-30(32(36(45)46)31(29)35(43)44)34(42)40(2)20-22-6-4-8-28(18-22)48-26-15-11-24(38)12-16-26/h3-18,29-32H,19-20H2,1-2H3,(H,43,44)(H,45,46)/t29-,30-,31-,32-/m1/s1. The third kappa shape index (κ3) is 7.60. The summed E-state index contributed by atoms with van der Waals surface area (Å²) in [4.78, 5) is 54.5. The molecule has 1 fully saturated rings. The number of carboxylic acids is 2. The fraction of sp³-hybridized carbons (Fsp3) is 0.222. The highest BCUT2D eigenvalue weighted by Crippen LogP contribution is 2.48. The second kappa shape index (κ2) is 14.3. The molecule has 10 nitrogen and oxygen atoms in total. The van der Waals surface area contributed by atoms with Crippen molar-refractivity contribution in [1.29, 1.82) is 0 Å². The number of carbonyl (C=O) groups is 4. The van der Waals surface area contributed by atoms with Crippen LogP contribution in [-0.4, -0.2) is 57.9 Å². The summed E-state index contributed by atoms with van der Waals surface area (Å²) in [6.45, 7) is 0.0231. The van der Waals surface area contributed by atoms with Gasteiger partial charge >= 0.3 is 11.9 Å². The molecular weight excluding hydrogens is 626 g/mol. The van der Waals surface area contributed by atoms with E-state index in [0.717, 1.165) is 0 Å². The molecule has 0 bridgehead atoms. The van der Waals surface area contributed by atoms with Gasteiger partial charge < -0.3 is 29.5 Å². The van der Waals surface area contributed by atoms with E-state index in [0.29, 0.717) is 34.1 Å². The summed E-state index contributed by atoms with van der Waals surface area (Å²) in [5.74, 6) is -9.61. The number of amides is 2. The van der Waals surface area contributed by atoms with Gasteiger partial charge in [-0.25, -0.2) is 8.78 Å². The third-order valence-corrected chi connectivity index (χ3v) is 8.18. The minimum atomic E-state index is -1.61. The predicted octanol–water partition coefficient (Wildman–Crippen LogP) is 5.81. The first-order valence-electron chi connectivity index (χ1n) is 14.9. The van der Waals surface area contributed by atoms with Gasteiger partial charge in [0.2, 0.25) is 11.8 Å². The van der Waals surface area contributed by atoms with Crippen LogP contribution in [0.2, 0.25) is 0 Å². The number of carboxylic acid groups (broad SMARTS) is 2. The fourth-order valence-electron chi connectivity index (χ4n) is 5.88. The van der Waals surface area contributed by atoms with E-state index in [1.807, 2.05) is 0 Å². The summed E-state index contributed by atoms with van der Waals surface area (Å²) in [7, 11) is 2.89. The lowest BCUT2D eigenvalue weighted by molar-refractivity contribution is -0.187. The largest absolute Gasteiger partial charge is 0.481 e. The van der Waals surface area contributed by atoms with E-state index >= 15 is 0 Å². The maximum absolute atomic E-state index is 13.7. The van der Waals surface area contributed by atoms with Crippen LogP contribution in [0.1, 0.15) is 11.1 Å². The number of rotatable bonds is 12. The Morgan fingerprint density at radius 1 is 0.562 bits per heavy atom. The smallest absolute Gasteiger partial charge is 0.308 e. The van der Waals surface area contributed by atoms with Crippen LogP contribution >= 0.6 is 0 Å². The van der Waals surface area contributed by atoms with E-state index in [9.17, 15) is 38.2 Å². The molecule has 0 spiro atoms. The van der Waals surface area contributed by atoms with E-state index in [-0.39, 0.29) is 13.1 Å². The maximum atomic E-state index is 13.7. The van der Waals surface area contributed by atoms with Crippen LogP contribution in [0, 0.1) is 35.3 Å². The van der Waals surface area contributed by atoms with Crippen molar-refractivity contribution in [2.45, 2.75) is 13.1 Å². The molecule has 1 saturated carbocycles. The summed E-state index contributed by atoms with van der Waals surface area (Å²) in [5, 5.41) is 19.9. The molecular formula is C36H32F2N2O8. The van der Waals surface area contributed by atoms with Gasteiger partial charge in [0.25, 0.3) is 0 Å². The topological polar surface area (TPSA) is 134 Å². The Morgan fingerprint density at radius 2 is 0.917 bits per heavy atom. The van der Waals surface area contributed by atoms with Crippen molar-refractivity contribution in [3.05, 3.63) is 120 Å². The summed E-state index contributed by atoms with van der Waals surface area (Å²) < 4.78 is 38.1. The molecule has 4 aromatic rings. The zero-order valence-electron chi connectivity index (χ0n) is 26.0. The zero-order valence-corrected chi connectivity index (χ0v) is 26.0. The van der Waals surface area contributed by atoms with Gasteiger partial charge in [-0.3, -0.25) is 19.2 Å². The Bertz CT molecular complexity index is 1680. The quantitative estimate of drug-likeness (QED) is 0.195. The second-order valence-electron chi connectivity index (χ2n) is 11.6. The van der Waals surface area contributed by atoms with Gasteiger partial charge in [-0.2, -0.15) is 0 Å². The molecule has 1 aliphatic rings. The molecule has 1 aliphatic carbocycles. The molecule has 0 aromatic heterocycles. The Kier molecular flexibility index (Phi) is 10.0. The first kappa shape index (κ1) is 33.6. The molecule has 4 atom stereocenters. The molecule has 2 N–H and O–H groups in total. The SMILES string of the molecule is CN(Cc1cccc(Oc2ccc(F)cc2)c1)C(=O)[C@H]1[C@@H](C(=O)O)[C@H](C(=O)O)[C@@H]1C(=O)N(C)Cc1cccc(Oc2ccc(F)cc2)c1. The van der Waals surface area contributed by atoms with Crippen molar-refractivity contribution in [3.8, 4) is 23.0 Å². The van der Waals surface area contributed by atoms with Gasteiger partial charge in [-0.1, -0.05) is 24.3 Å².